The standard InChI is InChI=1S/C22H20O2/c23-13-11-17-5-1-3-15-7-9-20-19(21(15)17)10-8-16-4-2-6-18(12-14-24)22(16)20/h1-10,23-24H,11-14H2. The Morgan fingerprint density at radius 2 is 1.00 bits per heavy atom. The smallest absolute Gasteiger partial charge is 0.0471 e. The SMILES string of the molecule is OCCc1cccc2ccc3c(ccc4cccc(CCO)c43)c12. The maximum absolute atomic E-state index is 9.41. The highest BCUT2D eigenvalue weighted by Crippen LogP contribution is 2.34. The second-order valence-corrected chi connectivity index (χ2v) is 6.20. The Labute approximate surface area is 141 Å². The molecule has 2 nitrogen and oxygen atoms in total. The Bertz CT molecular complexity index is 949. The second kappa shape index (κ2) is 6.23. The van der Waals surface area contributed by atoms with E-state index in [-0.39, 0.29) is 13.2 Å². The summed E-state index contributed by atoms with van der Waals surface area (Å²) in [4.78, 5) is 0. The van der Waals surface area contributed by atoms with Gasteiger partial charge in [0.25, 0.3) is 0 Å². The van der Waals surface area contributed by atoms with Crippen molar-refractivity contribution in [2.45, 2.75) is 12.8 Å². The zero-order chi connectivity index (χ0) is 16.5. The molecule has 0 saturated heterocycles. The Morgan fingerprint density at radius 1 is 0.542 bits per heavy atom. The molecule has 0 heterocycles. The van der Waals surface area contributed by atoms with Gasteiger partial charge in [0.15, 0.2) is 0 Å². The molecular formula is C22H20O2. The Hall–Kier alpha value is -2.42. The molecule has 0 bridgehead atoms. The number of fused-ring (bicyclic) bond motifs is 5. The van der Waals surface area contributed by atoms with Gasteiger partial charge in [0.1, 0.15) is 0 Å². The second-order valence-electron chi connectivity index (χ2n) is 6.20. The van der Waals surface area contributed by atoms with E-state index in [2.05, 4.69) is 60.7 Å². The molecule has 2 heteroatoms. The molecule has 24 heavy (non-hydrogen) atoms. The van der Waals surface area contributed by atoms with E-state index in [1.807, 2.05) is 0 Å². The summed E-state index contributed by atoms with van der Waals surface area (Å²) in [7, 11) is 0. The highest BCUT2D eigenvalue weighted by Gasteiger charge is 2.10. The van der Waals surface area contributed by atoms with Crippen LogP contribution in [0.25, 0.3) is 32.3 Å². The van der Waals surface area contributed by atoms with Crippen LogP contribution in [0.15, 0.2) is 60.7 Å². The third-order valence-electron chi connectivity index (χ3n) is 4.82. The number of hydrogen-bond donors (Lipinski definition) is 2. The summed E-state index contributed by atoms with van der Waals surface area (Å²) in [5, 5.41) is 26.1. The fraction of sp³-hybridized carbons (Fsp3) is 0.182. The molecular weight excluding hydrogens is 296 g/mol. The monoisotopic (exact) mass is 316 g/mol. The zero-order valence-electron chi connectivity index (χ0n) is 13.5. The van der Waals surface area contributed by atoms with Crippen molar-refractivity contribution in [3.05, 3.63) is 71.8 Å². The maximum Gasteiger partial charge on any atom is 0.0471 e. The van der Waals surface area contributed by atoms with E-state index >= 15 is 0 Å². The van der Waals surface area contributed by atoms with E-state index in [1.165, 1.54) is 43.4 Å². The maximum atomic E-state index is 9.41. The molecule has 0 aliphatic heterocycles. The van der Waals surface area contributed by atoms with Crippen molar-refractivity contribution in [2.75, 3.05) is 13.2 Å². The topological polar surface area (TPSA) is 40.5 Å². The van der Waals surface area contributed by atoms with Crippen LogP contribution in [0.3, 0.4) is 0 Å². The normalized spacial score (nSPS) is 11.6. The highest BCUT2D eigenvalue weighted by molar-refractivity contribution is 6.18. The zero-order valence-corrected chi connectivity index (χ0v) is 13.5. The lowest BCUT2D eigenvalue weighted by atomic mass is 9.91. The molecule has 4 rings (SSSR count). The first-order chi connectivity index (χ1) is 11.8. The van der Waals surface area contributed by atoms with Gasteiger partial charge in [-0.25, -0.2) is 0 Å². The lowest BCUT2D eigenvalue weighted by molar-refractivity contribution is 0.299. The minimum Gasteiger partial charge on any atom is -0.396 e. The molecule has 2 N–H and O–H groups in total. The average Bonchev–Trinajstić information content (AvgIpc) is 2.62. The molecule has 120 valence electrons. The van der Waals surface area contributed by atoms with Gasteiger partial charge >= 0.3 is 0 Å². The number of hydrogen-bond acceptors (Lipinski definition) is 2. The van der Waals surface area contributed by atoms with Gasteiger partial charge in [-0.1, -0.05) is 60.7 Å². The van der Waals surface area contributed by atoms with Gasteiger partial charge in [0, 0.05) is 13.2 Å². The minimum atomic E-state index is 0.152. The predicted octanol–water partition coefficient (Wildman–Crippen LogP) is 4.22. The van der Waals surface area contributed by atoms with Gasteiger partial charge in [-0.15, -0.1) is 0 Å². The first-order valence-corrected chi connectivity index (χ1v) is 8.40. The van der Waals surface area contributed by atoms with Gasteiger partial charge in [-0.3, -0.25) is 0 Å². The first kappa shape index (κ1) is 15.1. The first-order valence-electron chi connectivity index (χ1n) is 8.40. The Balaban J connectivity index is 2.16. The molecule has 0 radical (unpaired) electrons. The summed E-state index contributed by atoms with van der Waals surface area (Å²) in [6, 6.07) is 21.2. The van der Waals surface area contributed by atoms with Crippen LogP contribution in [0.1, 0.15) is 11.1 Å². The summed E-state index contributed by atoms with van der Waals surface area (Å²) in [6.45, 7) is 0.303. The van der Waals surface area contributed by atoms with Crippen LogP contribution >= 0.6 is 0 Å². The van der Waals surface area contributed by atoms with Crippen LogP contribution in [0, 0.1) is 0 Å². The van der Waals surface area contributed by atoms with E-state index in [0.29, 0.717) is 12.8 Å². The van der Waals surface area contributed by atoms with Gasteiger partial charge in [-0.2, -0.15) is 0 Å². The summed E-state index contributed by atoms with van der Waals surface area (Å²) < 4.78 is 0. The van der Waals surface area contributed by atoms with Crippen LogP contribution < -0.4 is 0 Å². The van der Waals surface area contributed by atoms with Crippen molar-refractivity contribution in [3.8, 4) is 0 Å². The van der Waals surface area contributed by atoms with E-state index in [1.54, 1.807) is 0 Å². The van der Waals surface area contributed by atoms with Crippen molar-refractivity contribution in [1.82, 2.24) is 0 Å². The summed E-state index contributed by atoms with van der Waals surface area (Å²) in [5.41, 5.74) is 2.36. The van der Waals surface area contributed by atoms with E-state index in [0.717, 1.165) is 0 Å². The van der Waals surface area contributed by atoms with Crippen LogP contribution in [0.4, 0.5) is 0 Å². The molecule has 0 aromatic heterocycles. The lowest BCUT2D eigenvalue weighted by Gasteiger charge is -2.13. The summed E-state index contributed by atoms with van der Waals surface area (Å²) >= 11 is 0. The number of aliphatic hydroxyl groups is 2. The average molecular weight is 316 g/mol. The minimum absolute atomic E-state index is 0.152. The summed E-state index contributed by atoms with van der Waals surface area (Å²) in [6.07, 6.45) is 1.32. The van der Waals surface area contributed by atoms with E-state index in [9.17, 15) is 10.2 Å². The third-order valence-corrected chi connectivity index (χ3v) is 4.82. The molecule has 0 spiro atoms. The van der Waals surface area contributed by atoms with Crippen molar-refractivity contribution >= 4 is 32.3 Å². The van der Waals surface area contributed by atoms with Crippen molar-refractivity contribution < 1.29 is 10.2 Å². The van der Waals surface area contributed by atoms with Crippen molar-refractivity contribution in [3.63, 3.8) is 0 Å². The molecule has 4 aromatic carbocycles. The predicted molar refractivity (Wildman–Crippen MR) is 101 cm³/mol. The molecule has 0 unspecified atom stereocenters. The van der Waals surface area contributed by atoms with Crippen LogP contribution in [-0.4, -0.2) is 23.4 Å². The number of benzene rings is 4. The fourth-order valence-corrected chi connectivity index (χ4v) is 3.79. The van der Waals surface area contributed by atoms with Crippen LogP contribution in [0.5, 0.6) is 0 Å². The molecule has 0 aliphatic carbocycles. The van der Waals surface area contributed by atoms with Crippen molar-refractivity contribution in [1.29, 1.82) is 0 Å². The highest BCUT2D eigenvalue weighted by atomic mass is 16.3. The molecule has 0 atom stereocenters. The van der Waals surface area contributed by atoms with Gasteiger partial charge in [-0.05, 0) is 56.3 Å². The molecule has 0 saturated carbocycles. The lowest BCUT2D eigenvalue weighted by Crippen LogP contribution is -1.95. The molecule has 4 aromatic rings. The van der Waals surface area contributed by atoms with E-state index < -0.39 is 0 Å². The molecule has 0 fully saturated rings. The van der Waals surface area contributed by atoms with Crippen molar-refractivity contribution in [2.24, 2.45) is 0 Å². The third kappa shape index (κ3) is 2.35. The van der Waals surface area contributed by atoms with Gasteiger partial charge < -0.3 is 10.2 Å². The van der Waals surface area contributed by atoms with E-state index in [4.69, 9.17) is 0 Å². The fourth-order valence-electron chi connectivity index (χ4n) is 3.79. The Kier molecular flexibility index (Phi) is 3.93. The molecule has 0 aliphatic rings. The van der Waals surface area contributed by atoms with Crippen LogP contribution in [0.2, 0.25) is 0 Å². The number of rotatable bonds is 4. The molecule has 0 amide bonds. The van der Waals surface area contributed by atoms with Crippen LogP contribution in [-0.2, 0) is 12.8 Å². The number of aliphatic hydroxyl groups excluding tert-OH is 2. The Morgan fingerprint density at radius 3 is 1.42 bits per heavy atom. The quantitative estimate of drug-likeness (QED) is 0.554. The summed E-state index contributed by atoms with van der Waals surface area (Å²) in [5.74, 6) is 0. The van der Waals surface area contributed by atoms with Gasteiger partial charge in [0.05, 0.1) is 0 Å². The largest absolute Gasteiger partial charge is 0.396 e. The van der Waals surface area contributed by atoms with Gasteiger partial charge in [0.2, 0.25) is 0 Å².